The molecule has 1 aromatic carbocycles. The maximum absolute atomic E-state index is 13.5. The molecule has 198 valence electrons. The summed E-state index contributed by atoms with van der Waals surface area (Å²) in [4.78, 5) is 34.9. The van der Waals surface area contributed by atoms with Crippen LogP contribution in [-0.2, 0) is 14.3 Å². The molecule has 0 saturated heterocycles. The Hall–Kier alpha value is -2.92. The van der Waals surface area contributed by atoms with Gasteiger partial charge in [-0.05, 0) is 46.5 Å². The maximum Gasteiger partial charge on any atom is 0.407 e. The van der Waals surface area contributed by atoms with Crippen molar-refractivity contribution in [2.45, 2.75) is 77.7 Å². The number of esters is 1. The normalized spacial score (nSPS) is 11.2. The molecule has 0 aromatic heterocycles. The van der Waals surface area contributed by atoms with Crippen LogP contribution in [0.3, 0.4) is 0 Å². The van der Waals surface area contributed by atoms with E-state index in [0.29, 0.717) is 45.2 Å². The van der Waals surface area contributed by atoms with Gasteiger partial charge in [0.15, 0.2) is 0 Å². The van der Waals surface area contributed by atoms with Gasteiger partial charge < -0.3 is 20.1 Å². The number of amides is 2. The summed E-state index contributed by atoms with van der Waals surface area (Å²) in [5.41, 5.74) is -0.560. The molecule has 2 N–H and O–H groups in total. The Bertz CT molecular complexity index is 861. The van der Waals surface area contributed by atoms with Crippen molar-refractivity contribution in [2.75, 3.05) is 13.1 Å². The van der Waals surface area contributed by atoms with Crippen LogP contribution in [0.4, 0.5) is 26.7 Å². The lowest BCUT2D eigenvalue weighted by Crippen LogP contribution is -2.33. The van der Waals surface area contributed by atoms with Crippen LogP contribution in [0.2, 0.25) is 0 Å². The number of nitrogens with one attached hydrogen (secondary N) is 2. The van der Waals surface area contributed by atoms with E-state index < -0.39 is 52.5 Å². The summed E-state index contributed by atoms with van der Waals surface area (Å²) < 4.78 is 75.6. The van der Waals surface area contributed by atoms with E-state index in [9.17, 15) is 36.3 Å². The van der Waals surface area contributed by atoms with Crippen LogP contribution in [-0.4, -0.2) is 36.7 Å². The zero-order valence-electron chi connectivity index (χ0n) is 20.0. The Morgan fingerprint density at radius 1 is 0.686 bits per heavy atom. The van der Waals surface area contributed by atoms with Crippen LogP contribution in [0, 0.1) is 29.1 Å². The van der Waals surface area contributed by atoms with Crippen molar-refractivity contribution < 1.29 is 45.8 Å². The fourth-order valence-corrected chi connectivity index (χ4v) is 2.82. The highest BCUT2D eigenvalue weighted by atomic mass is 19.2. The summed E-state index contributed by atoms with van der Waals surface area (Å²) in [7, 11) is 0. The molecule has 2 amide bonds. The zero-order valence-corrected chi connectivity index (χ0v) is 20.0. The second-order valence-electron chi connectivity index (χ2n) is 8.77. The fraction of sp³-hybridized carbons (Fsp3) is 0.609. The number of benzene rings is 1. The minimum absolute atomic E-state index is 0.143. The van der Waals surface area contributed by atoms with E-state index >= 15 is 0 Å². The number of carbonyl (C=O) groups is 3. The second kappa shape index (κ2) is 14.5. The molecule has 0 spiro atoms. The molecule has 35 heavy (non-hydrogen) atoms. The first-order valence-electron chi connectivity index (χ1n) is 11.3. The van der Waals surface area contributed by atoms with Crippen molar-refractivity contribution in [3.8, 4) is 5.75 Å². The molecule has 12 heteroatoms. The van der Waals surface area contributed by atoms with Gasteiger partial charge >= 0.3 is 12.1 Å². The van der Waals surface area contributed by atoms with E-state index in [2.05, 4.69) is 15.4 Å². The summed E-state index contributed by atoms with van der Waals surface area (Å²) in [6, 6.07) is 0. The molecule has 1 aromatic rings. The number of alkyl carbamates (subject to hydrolysis) is 1. The third-order valence-corrected chi connectivity index (χ3v) is 4.51. The molecule has 0 fully saturated rings. The zero-order chi connectivity index (χ0) is 26.6. The predicted molar refractivity (Wildman–Crippen MR) is 116 cm³/mol. The third kappa shape index (κ3) is 11.4. The first kappa shape index (κ1) is 30.1. The fourth-order valence-electron chi connectivity index (χ4n) is 2.82. The molecule has 0 bridgehead atoms. The van der Waals surface area contributed by atoms with Gasteiger partial charge in [0.25, 0.3) is 0 Å². The van der Waals surface area contributed by atoms with Gasteiger partial charge in [-0.2, -0.15) is 8.78 Å². The average Bonchev–Trinajstić information content (AvgIpc) is 2.77. The van der Waals surface area contributed by atoms with Gasteiger partial charge in [-0.1, -0.05) is 12.8 Å². The number of carbonyl (C=O) groups excluding carboxylic acids is 3. The lowest BCUT2D eigenvalue weighted by Gasteiger charge is -2.19. The van der Waals surface area contributed by atoms with Gasteiger partial charge in [-0.15, -0.1) is 0 Å². The van der Waals surface area contributed by atoms with Gasteiger partial charge in [-0.25, -0.2) is 18.0 Å². The van der Waals surface area contributed by atoms with Crippen LogP contribution in [0.1, 0.15) is 72.1 Å². The molecular formula is C23H31F5N2O5. The lowest BCUT2D eigenvalue weighted by atomic mass is 10.1. The smallest absolute Gasteiger partial charge is 0.407 e. The highest BCUT2D eigenvalue weighted by Gasteiger charge is 2.28. The van der Waals surface area contributed by atoms with E-state index in [0.717, 1.165) is 6.42 Å². The Morgan fingerprint density at radius 3 is 1.71 bits per heavy atom. The van der Waals surface area contributed by atoms with Gasteiger partial charge in [0.05, 0.1) is 0 Å². The number of hydrogen-bond acceptors (Lipinski definition) is 5. The molecule has 0 atom stereocenters. The first-order chi connectivity index (χ1) is 16.3. The Labute approximate surface area is 200 Å². The Morgan fingerprint density at radius 2 is 1.17 bits per heavy atom. The summed E-state index contributed by atoms with van der Waals surface area (Å²) in [5, 5.41) is 5.35. The van der Waals surface area contributed by atoms with Gasteiger partial charge in [0.1, 0.15) is 5.60 Å². The van der Waals surface area contributed by atoms with Crippen LogP contribution in [0.25, 0.3) is 0 Å². The van der Waals surface area contributed by atoms with Gasteiger partial charge in [-0.3, -0.25) is 9.59 Å². The number of ether oxygens (including phenoxy) is 2. The molecule has 0 aliphatic rings. The third-order valence-electron chi connectivity index (χ3n) is 4.51. The van der Waals surface area contributed by atoms with Gasteiger partial charge in [0, 0.05) is 25.9 Å². The van der Waals surface area contributed by atoms with Crippen LogP contribution in [0.15, 0.2) is 0 Å². The Kier molecular flexibility index (Phi) is 12.5. The molecular weight excluding hydrogens is 479 g/mol. The quantitative estimate of drug-likeness (QED) is 0.0968. The summed E-state index contributed by atoms with van der Waals surface area (Å²) >= 11 is 0. The van der Waals surface area contributed by atoms with Crippen LogP contribution >= 0.6 is 0 Å². The van der Waals surface area contributed by atoms with Crippen LogP contribution in [0.5, 0.6) is 5.75 Å². The van der Waals surface area contributed by atoms with E-state index in [4.69, 9.17) is 4.74 Å². The van der Waals surface area contributed by atoms with Crippen molar-refractivity contribution in [2.24, 2.45) is 0 Å². The minimum atomic E-state index is -2.34. The molecule has 7 nitrogen and oxygen atoms in total. The number of unbranched alkanes of at least 4 members (excludes halogenated alkanes) is 4. The van der Waals surface area contributed by atoms with Crippen molar-refractivity contribution in [3.05, 3.63) is 29.1 Å². The van der Waals surface area contributed by atoms with Crippen LogP contribution < -0.4 is 15.4 Å². The first-order valence-corrected chi connectivity index (χ1v) is 11.3. The van der Waals surface area contributed by atoms with Gasteiger partial charge in [0.2, 0.25) is 40.7 Å². The van der Waals surface area contributed by atoms with Crippen molar-refractivity contribution in [3.63, 3.8) is 0 Å². The van der Waals surface area contributed by atoms with Crippen molar-refractivity contribution >= 4 is 18.0 Å². The van der Waals surface area contributed by atoms with E-state index in [1.165, 1.54) is 0 Å². The minimum Gasteiger partial charge on any atom is -0.444 e. The predicted octanol–water partition coefficient (Wildman–Crippen LogP) is 5.05. The second-order valence-corrected chi connectivity index (χ2v) is 8.77. The van der Waals surface area contributed by atoms with Crippen molar-refractivity contribution in [1.29, 1.82) is 0 Å². The summed E-state index contributed by atoms with van der Waals surface area (Å²) in [6.07, 6.45) is 2.83. The SMILES string of the molecule is CC(C)(C)OC(=O)NCCCCCC(=O)NCCCCCC(=O)Oc1c(F)c(F)c(F)c(F)c1F. The topological polar surface area (TPSA) is 93.7 Å². The lowest BCUT2D eigenvalue weighted by molar-refractivity contribution is -0.135. The molecule has 0 aliphatic heterocycles. The monoisotopic (exact) mass is 510 g/mol. The van der Waals surface area contributed by atoms with E-state index in [1.54, 1.807) is 20.8 Å². The van der Waals surface area contributed by atoms with E-state index in [-0.39, 0.29) is 18.7 Å². The molecule has 0 aliphatic carbocycles. The Balaban J connectivity index is 2.12. The summed E-state index contributed by atoms with van der Waals surface area (Å²) in [6.45, 7) is 6.11. The number of halogens is 5. The highest BCUT2D eigenvalue weighted by molar-refractivity contribution is 5.75. The van der Waals surface area contributed by atoms with Crippen molar-refractivity contribution in [1.82, 2.24) is 10.6 Å². The summed E-state index contributed by atoms with van der Waals surface area (Å²) in [5.74, 6) is -14.1. The largest absolute Gasteiger partial charge is 0.444 e. The molecule has 0 radical (unpaired) electrons. The molecule has 1 rings (SSSR count). The number of hydrogen-bond donors (Lipinski definition) is 2. The maximum atomic E-state index is 13.5. The molecule has 0 unspecified atom stereocenters. The average molecular weight is 511 g/mol. The molecule has 0 saturated carbocycles. The van der Waals surface area contributed by atoms with E-state index in [1.807, 2.05) is 0 Å². The molecule has 0 heterocycles. The highest BCUT2D eigenvalue weighted by Crippen LogP contribution is 2.29. The number of rotatable bonds is 13. The standard InChI is InChI=1S/C23H31F5N2O5/c1-23(2,3)35-22(33)30-13-9-4-6-10-14(31)29-12-8-5-7-11-15(32)34-21-19(27)17(25)16(24)18(26)20(21)28/h4-13H2,1-3H3,(H,29,31)(H,30,33).